The molecule has 3 rings (SSSR count). The average Bonchev–Trinajstić information content (AvgIpc) is 2.68. The SMILES string of the molecule is C/C(=N\OCc1ccc(C(F)(F)F)cc1)c1ccc(Oc2[c]cccc2)cc1O. The van der Waals surface area contributed by atoms with Crippen molar-refractivity contribution < 1.29 is 27.9 Å². The van der Waals surface area contributed by atoms with Crippen molar-refractivity contribution in [3.05, 3.63) is 89.5 Å². The van der Waals surface area contributed by atoms with Crippen molar-refractivity contribution in [2.75, 3.05) is 0 Å². The van der Waals surface area contributed by atoms with E-state index in [0.717, 1.165) is 12.1 Å². The number of halogens is 3. The third-order valence-corrected chi connectivity index (χ3v) is 3.98. The summed E-state index contributed by atoms with van der Waals surface area (Å²) in [6.07, 6.45) is -4.37. The number of para-hydroxylation sites is 1. The van der Waals surface area contributed by atoms with Gasteiger partial charge in [0.1, 0.15) is 23.9 Å². The lowest BCUT2D eigenvalue weighted by Gasteiger charge is -2.09. The molecule has 0 aliphatic heterocycles. The van der Waals surface area contributed by atoms with E-state index >= 15 is 0 Å². The summed E-state index contributed by atoms with van der Waals surface area (Å²) in [6.45, 7) is 1.65. The van der Waals surface area contributed by atoms with Crippen LogP contribution < -0.4 is 4.74 Å². The van der Waals surface area contributed by atoms with Crippen LogP contribution in [-0.4, -0.2) is 10.8 Å². The van der Waals surface area contributed by atoms with Gasteiger partial charge in [0.15, 0.2) is 0 Å². The summed E-state index contributed by atoms with van der Waals surface area (Å²) in [4.78, 5) is 5.20. The van der Waals surface area contributed by atoms with Gasteiger partial charge in [0.25, 0.3) is 0 Å². The third kappa shape index (κ3) is 5.51. The predicted octanol–water partition coefficient (Wildman–Crippen LogP) is 5.94. The van der Waals surface area contributed by atoms with Gasteiger partial charge in [0, 0.05) is 17.7 Å². The van der Waals surface area contributed by atoms with Crippen LogP contribution in [0.25, 0.3) is 0 Å². The number of hydrogen-bond acceptors (Lipinski definition) is 4. The summed E-state index contributed by atoms with van der Waals surface area (Å²) in [5, 5.41) is 14.2. The van der Waals surface area contributed by atoms with E-state index in [1.807, 2.05) is 12.1 Å². The molecular weight excluding hydrogens is 383 g/mol. The molecule has 0 aromatic heterocycles. The van der Waals surface area contributed by atoms with Crippen LogP contribution in [0.5, 0.6) is 17.2 Å². The Labute approximate surface area is 165 Å². The first-order valence-electron chi connectivity index (χ1n) is 8.63. The zero-order valence-corrected chi connectivity index (χ0v) is 15.4. The molecule has 0 aliphatic rings. The monoisotopic (exact) mass is 400 g/mol. The summed E-state index contributed by atoms with van der Waals surface area (Å²) < 4.78 is 43.3. The zero-order valence-electron chi connectivity index (χ0n) is 15.4. The Balaban J connectivity index is 1.62. The van der Waals surface area contributed by atoms with Gasteiger partial charge in [-0.1, -0.05) is 35.5 Å². The molecule has 0 saturated carbocycles. The van der Waals surface area contributed by atoms with Crippen LogP contribution in [0.1, 0.15) is 23.6 Å². The summed E-state index contributed by atoms with van der Waals surface area (Å²) in [7, 11) is 0. The molecule has 1 N–H and O–H groups in total. The van der Waals surface area contributed by atoms with E-state index in [4.69, 9.17) is 9.57 Å². The Bertz CT molecular complexity index is 984. The molecule has 29 heavy (non-hydrogen) atoms. The van der Waals surface area contributed by atoms with Crippen molar-refractivity contribution in [3.8, 4) is 17.2 Å². The molecule has 0 atom stereocenters. The lowest BCUT2D eigenvalue weighted by Crippen LogP contribution is -2.04. The molecule has 0 spiro atoms. The summed E-state index contributed by atoms with van der Waals surface area (Å²) >= 11 is 0. The number of ether oxygens (including phenoxy) is 1. The smallest absolute Gasteiger partial charge is 0.416 e. The molecular formula is C22H17F3NO3. The number of benzene rings is 3. The maximum Gasteiger partial charge on any atom is 0.416 e. The van der Waals surface area contributed by atoms with Crippen molar-refractivity contribution in [1.29, 1.82) is 0 Å². The van der Waals surface area contributed by atoms with Crippen molar-refractivity contribution >= 4 is 5.71 Å². The van der Waals surface area contributed by atoms with Crippen LogP contribution in [0.2, 0.25) is 0 Å². The third-order valence-electron chi connectivity index (χ3n) is 3.98. The molecule has 0 fully saturated rings. The first-order chi connectivity index (χ1) is 13.8. The number of hydrogen-bond donors (Lipinski definition) is 1. The van der Waals surface area contributed by atoms with Crippen molar-refractivity contribution in [2.24, 2.45) is 5.16 Å². The molecule has 7 heteroatoms. The van der Waals surface area contributed by atoms with E-state index in [1.54, 1.807) is 31.2 Å². The van der Waals surface area contributed by atoms with E-state index in [0.29, 0.717) is 28.3 Å². The normalized spacial score (nSPS) is 11.9. The number of alkyl halides is 3. The van der Waals surface area contributed by atoms with Gasteiger partial charge in [-0.05, 0) is 42.8 Å². The molecule has 149 valence electrons. The standard InChI is InChI=1S/C22H17F3NO3/c1-15(26-28-14-16-7-9-17(10-8-16)22(23,24)25)20-12-11-19(13-21(20)27)29-18-5-3-2-4-6-18/h2-5,7-13,27H,14H2,1H3/b26-15+. The molecule has 0 saturated heterocycles. The van der Waals surface area contributed by atoms with Crippen molar-refractivity contribution in [1.82, 2.24) is 0 Å². The molecule has 0 unspecified atom stereocenters. The lowest BCUT2D eigenvalue weighted by atomic mass is 10.1. The van der Waals surface area contributed by atoms with Gasteiger partial charge >= 0.3 is 6.18 Å². The molecule has 4 nitrogen and oxygen atoms in total. The first kappa shape index (κ1) is 20.3. The zero-order chi connectivity index (χ0) is 20.9. The van der Waals surface area contributed by atoms with E-state index < -0.39 is 11.7 Å². The molecule has 3 aromatic carbocycles. The minimum absolute atomic E-state index is 0.00127. The van der Waals surface area contributed by atoms with Crippen LogP contribution in [0.15, 0.2) is 71.9 Å². The van der Waals surface area contributed by atoms with Crippen molar-refractivity contribution in [3.63, 3.8) is 0 Å². The highest BCUT2D eigenvalue weighted by Gasteiger charge is 2.29. The largest absolute Gasteiger partial charge is 0.507 e. The van der Waals surface area contributed by atoms with Gasteiger partial charge in [-0.15, -0.1) is 0 Å². The molecule has 0 amide bonds. The number of oxime groups is 1. The second-order valence-corrected chi connectivity index (χ2v) is 6.15. The molecule has 3 aromatic rings. The van der Waals surface area contributed by atoms with Gasteiger partial charge < -0.3 is 14.7 Å². The minimum atomic E-state index is -4.37. The van der Waals surface area contributed by atoms with Crippen LogP contribution in [0.4, 0.5) is 13.2 Å². The minimum Gasteiger partial charge on any atom is -0.507 e. The first-order valence-corrected chi connectivity index (χ1v) is 8.63. The van der Waals surface area contributed by atoms with Crippen LogP contribution >= 0.6 is 0 Å². The number of aromatic hydroxyl groups is 1. The molecule has 0 bridgehead atoms. The lowest BCUT2D eigenvalue weighted by molar-refractivity contribution is -0.137. The average molecular weight is 400 g/mol. The summed E-state index contributed by atoms with van der Waals surface area (Å²) in [5.74, 6) is 0.912. The van der Waals surface area contributed by atoms with Gasteiger partial charge in [0.05, 0.1) is 11.3 Å². The van der Waals surface area contributed by atoms with Gasteiger partial charge in [-0.2, -0.15) is 13.2 Å². The van der Waals surface area contributed by atoms with E-state index in [2.05, 4.69) is 11.2 Å². The molecule has 1 radical (unpaired) electrons. The maximum atomic E-state index is 12.6. The Morgan fingerprint density at radius 3 is 2.45 bits per heavy atom. The fourth-order valence-electron chi connectivity index (χ4n) is 2.49. The number of phenols is 1. The highest BCUT2D eigenvalue weighted by molar-refractivity contribution is 6.00. The highest BCUT2D eigenvalue weighted by Crippen LogP contribution is 2.29. The number of nitrogens with zero attached hydrogens (tertiary/aromatic N) is 1. The summed E-state index contributed by atoms with van der Waals surface area (Å²) in [5.41, 5.74) is 0.678. The Kier molecular flexibility index (Phi) is 6.07. The highest BCUT2D eigenvalue weighted by atomic mass is 19.4. The second-order valence-electron chi connectivity index (χ2n) is 6.15. The Hall–Kier alpha value is -3.48. The predicted molar refractivity (Wildman–Crippen MR) is 102 cm³/mol. The van der Waals surface area contributed by atoms with Gasteiger partial charge in [-0.3, -0.25) is 0 Å². The van der Waals surface area contributed by atoms with E-state index in [1.165, 1.54) is 18.2 Å². The Morgan fingerprint density at radius 2 is 1.83 bits per heavy atom. The fourth-order valence-corrected chi connectivity index (χ4v) is 2.49. The van der Waals surface area contributed by atoms with Crippen LogP contribution in [0, 0.1) is 6.07 Å². The van der Waals surface area contributed by atoms with Crippen molar-refractivity contribution in [2.45, 2.75) is 19.7 Å². The second kappa shape index (κ2) is 8.68. The van der Waals surface area contributed by atoms with Gasteiger partial charge in [-0.25, -0.2) is 0 Å². The quantitative estimate of drug-likeness (QED) is 0.411. The van der Waals surface area contributed by atoms with E-state index in [9.17, 15) is 18.3 Å². The maximum absolute atomic E-state index is 12.6. The fraction of sp³-hybridized carbons (Fsp3) is 0.136. The summed E-state index contributed by atoms with van der Waals surface area (Å²) in [6, 6.07) is 19.4. The topological polar surface area (TPSA) is 51.0 Å². The Morgan fingerprint density at radius 1 is 1.07 bits per heavy atom. The van der Waals surface area contributed by atoms with Gasteiger partial charge in [0.2, 0.25) is 0 Å². The number of phenolic OH excluding ortho intramolecular Hbond substituents is 1. The molecule has 0 heterocycles. The number of rotatable bonds is 6. The van der Waals surface area contributed by atoms with E-state index in [-0.39, 0.29) is 12.4 Å². The van der Waals surface area contributed by atoms with Crippen LogP contribution in [0.3, 0.4) is 0 Å². The molecule has 0 aliphatic carbocycles. The van der Waals surface area contributed by atoms with Crippen LogP contribution in [-0.2, 0) is 17.6 Å².